The van der Waals surface area contributed by atoms with Crippen LogP contribution in [0.3, 0.4) is 0 Å². The summed E-state index contributed by atoms with van der Waals surface area (Å²) in [4.78, 5) is 12.7. The number of hydrogen-bond acceptors (Lipinski definition) is 1. The number of hydrogen-bond donors (Lipinski definition) is 1. The molecule has 112 valence electrons. The standard InChI is InChI=1S/C18H24N2O/c1-13-15-11-7-8-12-16(15)20(2)17(13)18(21)19-14-9-5-3-4-6-10-14/h7-8,11-12,14H,3-6,9-10H2,1-2H3,(H,19,21). The summed E-state index contributed by atoms with van der Waals surface area (Å²) in [7, 11) is 1.98. The van der Waals surface area contributed by atoms with Gasteiger partial charge in [-0.1, -0.05) is 43.9 Å². The summed E-state index contributed by atoms with van der Waals surface area (Å²) >= 11 is 0. The average Bonchev–Trinajstić information content (AvgIpc) is 2.66. The van der Waals surface area contributed by atoms with Crippen LogP contribution in [-0.4, -0.2) is 16.5 Å². The second kappa shape index (κ2) is 5.92. The van der Waals surface area contributed by atoms with E-state index in [1.165, 1.54) is 31.1 Å². The summed E-state index contributed by atoms with van der Waals surface area (Å²) < 4.78 is 2.02. The number of para-hydroxylation sites is 1. The van der Waals surface area contributed by atoms with Crippen molar-refractivity contribution in [3.8, 4) is 0 Å². The molecular weight excluding hydrogens is 260 g/mol. The molecule has 3 nitrogen and oxygen atoms in total. The summed E-state index contributed by atoms with van der Waals surface area (Å²) in [6.07, 6.45) is 7.32. The highest BCUT2D eigenvalue weighted by atomic mass is 16.2. The first-order valence-electron chi connectivity index (χ1n) is 8.03. The maximum absolute atomic E-state index is 12.7. The predicted molar refractivity (Wildman–Crippen MR) is 86.6 cm³/mol. The van der Waals surface area contributed by atoms with Crippen molar-refractivity contribution < 1.29 is 4.79 Å². The minimum atomic E-state index is 0.0816. The molecule has 1 aromatic carbocycles. The lowest BCUT2D eigenvalue weighted by Gasteiger charge is -2.17. The van der Waals surface area contributed by atoms with Crippen molar-refractivity contribution in [2.45, 2.75) is 51.5 Å². The zero-order chi connectivity index (χ0) is 14.8. The van der Waals surface area contributed by atoms with Gasteiger partial charge in [0.2, 0.25) is 0 Å². The molecule has 0 unspecified atom stereocenters. The summed E-state index contributed by atoms with van der Waals surface area (Å²) in [6, 6.07) is 8.56. The van der Waals surface area contributed by atoms with Crippen LogP contribution in [0.1, 0.15) is 54.6 Å². The first kappa shape index (κ1) is 14.2. The molecule has 2 aromatic rings. The second-order valence-electron chi connectivity index (χ2n) is 6.21. The van der Waals surface area contributed by atoms with Crippen LogP contribution in [0.25, 0.3) is 10.9 Å². The second-order valence-corrected chi connectivity index (χ2v) is 6.21. The molecule has 1 N–H and O–H groups in total. The number of carbonyl (C=O) groups is 1. The van der Waals surface area contributed by atoms with E-state index >= 15 is 0 Å². The summed E-state index contributed by atoms with van der Waals surface area (Å²) in [5.41, 5.74) is 3.01. The van der Waals surface area contributed by atoms with Gasteiger partial charge in [-0.05, 0) is 31.4 Å². The molecule has 21 heavy (non-hydrogen) atoms. The van der Waals surface area contributed by atoms with E-state index < -0.39 is 0 Å². The Morgan fingerprint density at radius 3 is 2.48 bits per heavy atom. The maximum atomic E-state index is 12.7. The molecule has 1 aliphatic carbocycles. The van der Waals surface area contributed by atoms with Gasteiger partial charge >= 0.3 is 0 Å². The van der Waals surface area contributed by atoms with E-state index in [0.29, 0.717) is 6.04 Å². The van der Waals surface area contributed by atoms with Crippen molar-refractivity contribution in [3.63, 3.8) is 0 Å². The van der Waals surface area contributed by atoms with Crippen LogP contribution in [0.5, 0.6) is 0 Å². The molecule has 0 radical (unpaired) electrons. The van der Waals surface area contributed by atoms with Crippen LogP contribution in [0.15, 0.2) is 24.3 Å². The topological polar surface area (TPSA) is 34.0 Å². The van der Waals surface area contributed by atoms with E-state index in [2.05, 4.69) is 17.4 Å². The van der Waals surface area contributed by atoms with Gasteiger partial charge in [0.25, 0.3) is 5.91 Å². The van der Waals surface area contributed by atoms with Crippen molar-refractivity contribution >= 4 is 16.8 Å². The molecule has 1 aliphatic rings. The van der Waals surface area contributed by atoms with Crippen LogP contribution in [0.4, 0.5) is 0 Å². The zero-order valence-electron chi connectivity index (χ0n) is 13.0. The number of carbonyl (C=O) groups excluding carboxylic acids is 1. The van der Waals surface area contributed by atoms with Gasteiger partial charge in [0.1, 0.15) is 5.69 Å². The van der Waals surface area contributed by atoms with Gasteiger partial charge in [0, 0.05) is 24.0 Å². The van der Waals surface area contributed by atoms with Gasteiger partial charge < -0.3 is 9.88 Å². The number of aryl methyl sites for hydroxylation is 2. The number of nitrogens with one attached hydrogen (secondary N) is 1. The highest BCUT2D eigenvalue weighted by Gasteiger charge is 2.21. The Bertz CT molecular complexity index is 610. The first-order chi connectivity index (χ1) is 10.2. The highest BCUT2D eigenvalue weighted by molar-refractivity contribution is 6.01. The van der Waals surface area contributed by atoms with E-state index in [9.17, 15) is 4.79 Å². The van der Waals surface area contributed by atoms with E-state index in [4.69, 9.17) is 0 Å². The zero-order valence-corrected chi connectivity index (χ0v) is 13.0. The van der Waals surface area contributed by atoms with E-state index in [-0.39, 0.29) is 5.91 Å². The van der Waals surface area contributed by atoms with Gasteiger partial charge in [-0.3, -0.25) is 4.79 Å². The normalized spacial score (nSPS) is 16.9. The lowest BCUT2D eigenvalue weighted by atomic mass is 10.1. The lowest BCUT2D eigenvalue weighted by Crippen LogP contribution is -2.35. The Kier molecular flexibility index (Phi) is 4.00. The van der Waals surface area contributed by atoms with Gasteiger partial charge in [-0.15, -0.1) is 0 Å². The van der Waals surface area contributed by atoms with Crippen molar-refractivity contribution in [2.24, 2.45) is 7.05 Å². The van der Waals surface area contributed by atoms with Gasteiger partial charge in [0.15, 0.2) is 0 Å². The summed E-state index contributed by atoms with van der Waals surface area (Å²) in [6.45, 7) is 2.05. The highest BCUT2D eigenvalue weighted by Crippen LogP contribution is 2.25. The number of nitrogens with zero attached hydrogens (tertiary/aromatic N) is 1. The largest absolute Gasteiger partial charge is 0.348 e. The van der Waals surface area contributed by atoms with Crippen molar-refractivity contribution in [1.82, 2.24) is 9.88 Å². The number of rotatable bonds is 2. The molecule has 0 atom stereocenters. The van der Waals surface area contributed by atoms with Crippen LogP contribution in [0, 0.1) is 6.92 Å². The Hall–Kier alpha value is -1.77. The molecule has 1 saturated carbocycles. The third-order valence-electron chi connectivity index (χ3n) is 4.77. The summed E-state index contributed by atoms with van der Waals surface area (Å²) in [5.74, 6) is 0.0816. The first-order valence-corrected chi connectivity index (χ1v) is 8.03. The predicted octanol–water partition coefficient (Wildman–Crippen LogP) is 3.94. The molecule has 3 heteroatoms. The fraction of sp³-hybridized carbons (Fsp3) is 0.500. The van der Waals surface area contributed by atoms with E-state index in [0.717, 1.165) is 29.6 Å². The van der Waals surface area contributed by atoms with E-state index in [1.54, 1.807) is 0 Å². The SMILES string of the molecule is Cc1c(C(=O)NC2CCCCCC2)n(C)c2ccccc12. The molecule has 1 aromatic heterocycles. The van der Waals surface area contributed by atoms with Gasteiger partial charge in [0.05, 0.1) is 0 Å². The van der Waals surface area contributed by atoms with Crippen LogP contribution >= 0.6 is 0 Å². The minimum Gasteiger partial charge on any atom is -0.348 e. The third-order valence-corrected chi connectivity index (χ3v) is 4.77. The quantitative estimate of drug-likeness (QED) is 0.833. The molecule has 0 spiro atoms. The molecule has 3 rings (SSSR count). The molecule has 0 saturated heterocycles. The maximum Gasteiger partial charge on any atom is 0.268 e. The van der Waals surface area contributed by atoms with Gasteiger partial charge in [-0.2, -0.15) is 0 Å². The Balaban J connectivity index is 1.87. The van der Waals surface area contributed by atoms with Crippen LogP contribution in [-0.2, 0) is 7.05 Å². The minimum absolute atomic E-state index is 0.0816. The van der Waals surface area contributed by atoms with Crippen molar-refractivity contribution in [2.75, 3.05) is 0 Å². The van der Waals surface area contributed by atoms with Crippen molar-refractivity contribution in [3.05, 3.63) is 35.5 Å². The summed E-state index contributed by atoms with van der Waals surface area (Å²) in [5, 5.41) is 4.43. The fourth-order valence-electron chi connectivity index (χ4n) is 3.58. The van der Waals surface area contributed by atoms with Crippen LogP contribution in [0.2, 0.25) is 0 Å². The molecular formula is C18H24N2O. The van der Waals surface area contributed by atoms with Gasteiger partial charge in [-0.25, -0.2) is 0 Å². The number of aromatic nitrogens is 1. The fourth-order valence-corrected chi connectivity index (χ4v) is 3.58. The molecule has 0 aliphatic heterocycles. The third kappa shape index (κ3) is 2.69. The monoisotopic (exact) mass is 284 g/mol. The molecule has 1 fully saturated rings. The number of benzene rings is 1. The lowest BCUT2D eigenvalue weighted by molar-refractivity contribution is 0.0925. The van der Waals surface area contributed by atoms with E-state index in [1.807, 2.05) is 30.7 Å². The Morgan fingerprint density at radius 2 is 1.81 bits per heavy atom. The Morgan fingerprint density at radius 1 is 1.14 bits per heavy atom. The van der Waals surface area contributed by atoms with Crippen molar-refractivity contribution in [1.29, 1.82) is 0 Å². The molecule has 0 bridgehead atoms. The molecule has 1 heterocycles. The average molecular weight is 284 g/mol. The smallest absolute Gasteiger partial charge is 0.268 e. The molecule has 1 amide bonds. The van der Waals surface area contributed by atoms with Crippen LogP contribution < -0.4 is 5.32 Å². The number of fused-ring (bicyclic) bond motifs is 1. The number of amides is 1. The Labute approximate surface area is 126 Å².